The second-order valence-corrected chi connectivity index (χ2v) is 7.47. The third kappa shape index (κ3) is 7.21. The van der Waals surface area contributed by atoms with Gasteiger partial charge in [0.2, 0.25) is 5.91 Å². The van der Waals surface area contributed by atoms with Crippen LogP contribution in [0.3, 0.4) is 0 Å². The quantitative estimate of drug-likeness (QED) is 0.288. The maximum Gasteiger partial charge on any atom is 0.305 e. The molecule has 10 heteroatoms. The number of carbonyl (C=O) groups excluding carboxylic acids is 2. The second kappa shape index (κ2) is 10.4. The van der Waals surface area contributed by atoms with E-state index in [1.165, 1.54) is 6.07 Å². The lowest BCUT2D eigenvalue weighted by Crippen LogP contribution is -2.39. The molecule has 0 bridgehead atoms. The minimum Gasteiger partial charge on any atom is -0.481 e. The van der Waals surface area contributed by atoms with Crippen molar-refractivity contribution in [1.29, 1.82) is 0 Å². The van der Waals surface area contributed by atoms with E-state index in [1.807, 2.05) is 13.0 Å². The molecule has 0 radical (unpaired) electrons. The number of halogens is 1. The SMILES string of the molecule is Cc1cc(Br)cc(C(CC(=O)O)NC(=O)CNC(=O)c2cccc(N=C(N)N)c2)c1. The number of amides is 2. The lowest BCUT2D eigenvalue weighted by Gasteiger charge is -2.18. The number of rotatable bonds is 8. The van der Waals surface area contributed by atoms with Crippen molar-refractivity contribution in [2.24, 2.45) is 16.5 Å². The summed E-state index contributed by atoms with van der Waals surface area (Å²) in [4.78, 5) is 39.7. The largest absolute Gasteiger partial charge is 0.481 e. The number of nitrogens with one attached hydrogen (secondary N) is 2. The molecule has 0 aromatic heterocycles. The van der Waals surface area contributed by atoms with Crippen LogP contribution in [0.5, 0.6) is 0 Å². The highest BCUT2D eigenvalue weighted by Crippen LogP contribution is 2.23. The second-order valence-electron chi connectivity index (χ2n) is 6.55. The van der Waals surface area contributed by atoms with E-state index in [0.717, 1.165) is 10.0 Å². The summed E-state index contributed by atoms with van der Waals surface area (Å²) in [6, 6.07) is 10.9. The topological polar surface area (TPSA) is 160 Å². The van der Waals surface area contributed by atoms with E-state index in [9.17, 15) is 19.5 Å². The minimum absolute atomic E-state index is 0.140. The molecule has 0 heterocycles. The Labute approximate surface area is 181 Å². The van der Waals surface area contributed by atoms with Crippen LogP contribution >= 0.6 is 15.9 Å². The van der Waals surface area contributed by atoms with Crippen molar-refractivity contribution in [3.05, 3.63) is 63.6 Å². The number of hydrogen-bond donors (Lipinski definition) is 5. The van der Waals surface area contributed by atoms with E-state index >= 15 is 0 Å². The van der Waals surface area contributed by atoms with Gasteiger partial charge in [-0.15, -0.1) is 0 Å². The monoisotopic (exact) mass is 475 g/mol. The standard InChI is InChI=1S/C20H22BrN5O4/c1-11-5-13(7-14(21)6-11)16(9-18(28)29)26-17(27)10-24-19(30)12-3-2-4-15(8-12)25-20(22)23/h2-8,16H,9-10H2,1H3,(H,24,30)(H,26,27)(H,28,29)(H4,22,23,25). The van der Waals surface area contributed by atoms with Crippen molar-refractivity contribution in [1.82, 2.24) is 10.6 Å². The van der Waals surface area contributed by atoms with Gasteiger partial charge in [-0.25, -0.2) is 4.99 Å². The summed E-state index contributed by atoms with van der Waals surface area (Å²) in [5.41, 5.74) is 12.9. The third-order valence-corrected chi connectivity index (χ3v) is 4.41. The van der Waals surface area contributed by atoms with E-state index in [2.05, 4.69) is 31.6 Å². The van der Waals surface area contributed by atoms with E-state index in [-0.39, 0.29) is 24.5 Å². The first-order chi connectivity index (χ1) is 14.1. The van der Waals surface area contributed by atoms with Gasteiger partial charge in [-0.3, -0.25) is 14.4 Å². The van der Waals surface area contributed by atoms with Crippen molar-refractivity contribution in [3.8, 4) is 0 Å². The zero-order valence-corrected chi connectivity index (χ0v) is 17.8. The molecule has 2 aromatic rings. The lowest BCUT2D eigenvalue weighted by atomic mass is 10.0. The maximum atomic E-state index is 12.3. The van der Waals surface area contributed by atoms with Gasteiger partial charge >= 0.3 is 5.97 Å². The van der Waals surface area contributed by atoms with Gasteiger partial charge in [0.15, 0.2) is 5.96 Å². The number of aliphatic carboxylic acids is 1. The molecule has 0 aliphatic heterocycles. The molecule has 0 spiro atoms. The third-order valence-electron chi connectivity index (χ3n) is 3.96. The normalized spacial score (nSPS) is 11.3. The van der Waals surface area contributed by atoms with Crippen LogP contribution in [0, 0.1) is 6.92 Å². The molecule has 9 nitrogen and oxygen atoms in total. The van der Waals surface area contributed by atoms with E-state index < -0.39 is 23.8 Å². The molecule has 7 N–H and O–H groups in total. The van der Waals surface area contributed by atoms with Gasteiger partial charge in [-0.2, -0.15) is 0 Å². The molecule has 1 atom stereocenters. The average molecular weight is 476 g/mol. The molecule has 2 aromatic carbocycles. The summed E-state index contributed by atoms with van der Waals surface area (Å²) in [6.07, 6.45) is -0.295. The zero-order chi connectivity index (χ0) is 22.3. The number of aliphatic imine (C=N–C) groups is 1. The summed E-state index contributed by atoms with van der Waals surface area (Å²) in [5, 5.41) is 14.3. The average Bonchev–Trinajstić information content (AvgIpc) is 2.64. The van der Waals surface area contributed by atoms with Crippen LogP contribution in [0.2, 0.25) is 0 Å². The molecular weight excluding hydrogens is 454 g/mol. The minimum atomic E-state index is -1.06. The summed E-state index contributed by atoms with van der Waals surface area (Å²) in [6.45, 7) is 1.54. The number of nitrogens with zero attached hydrogens (tertiary/aromatic N) is 1. The van der Waals surface area contributed by atoms with Gasteiger partial charge in [0, 0.05) is 10.0 Å². The van der Waals surface area contributed by atoms with Crippen molar-refractivity contribution in [2.75, 3.05) is 6.54 Å². The first-order valence-corrected chi connectivity index (χ1v) is 9.69. The molecule has 0 aliphatic carbocycles. The van der Waals surface area contributed by atoms with Gasteiger partial charge in [-0.1, -0.05) is 28.1 Å². The molecule has 0 fully saturated rings. The Morgan fingerprint density at radius 1 is 1.17 bits per heavy atom. The fraction of sp³-hybridized carbons (Fsp3) is 0.200. The van der Waals surface area contributed by atoms with Gasteiger partial charge in [-0.05, 0) is 48.4 Å². The predicted octanol–water partition coefficient (Wildman–Crippen LogP) is 1.72. The number of nitrogens with two attached hydrogens (primary N) is 2. The van der Waals surface area contributed by atoms with Crippen LogP contribution in [-0.4, -0.2) is 35.4 Å². The molecular formula is C20H22BrN5O4. The Bertz CT molecular complexity index is 969. The van der Waals surface area contributed by atoms with Gasteiger partial charge in [0.05, 0.1) is 24.7 Å². The Morgan fingerprint density at radius 3 is 2.53 bits per heavy atom. The van der Waals surface area contributed by atoms with Gasteiger partial charge in [0.25, 0.3) is 5.91 Å². The fourth-order valence-electron chi connectivity index (χ4n) is 2.77. The van der Waals surface area contributed by atoms with E-state index in [0.29, 0.717) is 11.3 Å². The number of carboxylic acids is 1. The van der Waals surface area contributed by atoms with Crippen LogP contribution in [0.15, 0.2) is 51.9 Å². The Morgan fingerprint density at radius 2 is 1.90 bits per heavy atom. The number of aryl methyl sites for hydroxylation is 1. The molecule has 0 aliphatic rings. The lowest BCUT2D eigenvalue weighted by molar-refractivity contribution is -0.137. The van der Waals surface area contributed by atoms with Gasteiger partial charge in [0.1, 0.15) is 0 Å². The first kappa shape index (κ1) is 22.9. The summed E-state index contributed by atoms with van der Waals surface area (Å²) in [5.74, 6) is -2.21. The van der Waals surface area contributed by atoms with Crippen LogP contribution in [0.1, 0.15) is 33.9 Å². The number of hydrogen-bond acceptors (Lipinski definition) is 4. The van der Waals surface area contributed by atoms with E-state index in [4.69, 9.17) is 11.5 Å². The van der Waals surface area contributed by atoms with Crippen LogP contribution in [-0.2, 0) is 9.59 Å². The molecule has 2 amide bonds. The highest BCUT2D eigenvalue weighted by atomic mass is 79.9. The van der Waals surface area contributed by atoms with Crippen molar-refractivity contribution < 1.29 is 19.5 Å². The summed E-state index contributed by atoms with van der Waals surface area (Å²) in [7, 11) is 0. The Balaban J connectivity index is 2.04. The summed E-state index contributed by atoms with van der Waals surface area (Å²) >= 11 is 3.37. The molecule has 0 saturated heterocycles. The Kier molecular flexibility index (Phi) is 7.93. The zero-order valence-electron chi connectivity index (χ0n) is 16.2. The van der Waals surface area contributed by atoms with Crippen molar-refractivity contribution in [2.45, 2.75) is 19.4 Å². The molecule has 0 saturated carbocycles. The summed E-state index contributed by atoms with van der Waals surface area (Å²) < 4.78 is 0.774. The highest BCUT2D eigenvalue weighted by molar-refractivity contribution is 9.10. The number of benzene rings is 2. The van der Waals surface area contributed by atoms with Crippen LogP contribution in [0.25, 0.3) is 0 Å². The fourth-order valence-corrected chi connectivity index (χ4v) is 3.39. The molecule has 1 unspecified atom stereocenters. The van der Waals surface area contributed by atoms with Crippen molar-refractivity contribution >= 4 is 45.4 Å². The van der Waals surface area contributed by atoms with Gasteiger partial charge < -0.3 is 27.2 Å². The van der Waals surface area contributed by atoms with E-state index in [1.54, 1.807) is 30.3 Å². The number of guanidine groups is 1. The Hall–Kier alpha value is -3.40. The maximum absolute atomic E-state index is 12.3. The number of carboxylic acid groups (broad SMARTS) is 1. The highest BCUT2D eigenvalue weighted by Gasteiger charge is 2.19. The molecule has 2 rings (SSSR count). The van der Waals surface area contributed by atoms with Crippen LogP contribution in [0.4, 0.5) is 5.69 Å². The van der Waals surface area contributed by atoms with Crippen LogP contribution < -0.4 is 22.1 Å². The van der Waals surface area contributed by atoms with Crippen molar-refractivity contribution in [3.63, 3.8) is 0 Å². The number of carbonyl (C=O) groups is 3. The predicted molar refractivity (Wildman–Crippen MR) is 116 cm³/mol. The smallest absolute Gasteiger partial charge is 0.305 e. The first-order valence-electron chi connectivity index (χ1n) is 8.90. The molecule has 158 valence electrons. The molecule has 30 heavy (non-hydrogen) atoms.